The van der Waals surface area contributed by atoms with Gasteiger partial charge in [0.15, 0.2) is 0 Å². The van der Waals surface area contributed by atoms with Crippen molar-refractivity contribution in [1.29, 1.82) is 0 Å². The minimum Gasteiger partial charge on any atom is -0.477 e. The molecule has 1 fully saturated rings. The van der Waals surface area contributed by atoms with Crippen LogP contribution >= 0.6 is 0 Å². The number of alkyl halides is 2. The number of carboxylic acids is 1. The van der Waals surface area contributed by atoms with E-state index in [1.165, 1.54) is 0 Å². The highest BCUT2D eigenvalue weighted by atomic mass is 19.3. The van der Waals surface area contributed by atoms with Crippen LogP contribution < -0.4 is 5.48 Å². The lowest BCUT2D eigenvalue weighted by Crippen LogP contribution is -2.40. The molecule has 0 aromatic rings. The number of aliphatic carboxylic acids is 1. The number of hydrogen-bond acceptors (Lipinski definition) is 3. The molecule has 0 amide bonds. The molecule has 1 aliphatic rings. The van der Waals surface area contributed by atoms with Crippen LogP contribution in [0.3, 0.4) is 0 Å². The third-order valence-electron chi connectivity index (χ3n) is 2.25. The van der Waals surface area contributed by atoms with Crippen molar-refractivity contribution in [2.45, 2.75) is 25.2 Å². The van der Waals surface area contributed by atoms with Gasteiger partial charge in [0.25, 0.3) is 0 Å². The van der Waals surface area contributed by atoms with Gasteiger partial charge in [0.2, 0.25) is 0 Å². The molecule has 0 radical (unpaired) electrons. The summed E-state index contributed by atoms with van der Waals surface area (Å²) in [6, 6.07) is 0. The predicted molar refractivity (Wildman–Crippen MR) is 43.9 cm³/mol. The van der Waals surface area contributed by atoms with Crippen molar-refractivity contribution < 1.29 is 23.5 Å². The molecule has 0 heterocycles. The maximum atomic E-state index is 12.4. The van der Waals surface area contributed by atoms with Gasteiger partial charge in [-0.25, -0.2) is 4.79 Å². The van der Waals surface area contributed by atoms with Gasteiger partial charge < -0.3 is 9.94 Å². The van der Waals surface area contributed by atoms with E-state index < -0.39 is 18.4 Å². The highest BCUT2D eigenvalue weighted by molar-refractivity contribution is 5.75. The number of hydrogen-bond donors (Lipinski definition) is 2. The summed E-state index contributed by atoms with van der Waals surface area (Å²) in [5.41, 5.74) is 1.98. The first-order valence-corrected chi connectivity index (χ1v) is 4.48. The van der Waals surface area contributed by atoms with Crippen LogP contribution in [0.5, 0.6) is 0 Å². The Morgan fingerprint density at radius 2 is 2.21 bits per heavy atom. The molecule has 4 nitrogen and oxygen atoms in total. The van der Waals surface area contributed by atoms with Gasteiger partial charge in [-0.2, -0.15) is 14.3 Å². The average molecular weight is 209 g/mol. The van der Waals surface area contributed by atoms with Gasteiger partial charge in [0.1, 0.15) is 0 Å². The number of carboxylic acid groups (broad SMARTS) is 1. The maximum absolute atomic E-state index is 12.4. The zero-order valence-electron chi connectivity index (χ0n) is 7.63. The monoisotopic (exact) mass is 209 g/mol. The molecule has 0 aromatic heterocycles. The molecule has 1 aliphatic carbocycles. The lowest BCUT2D eigenvalue weighted by atomic mass is 9.86. The van der Waals surface area contributed by atoms with Gasteiger partial charge in [-0.05, 0) is 18.8 Å². The maximum Gasteiger partial charge on any atom is 0.376 e. The largest absolute Gasteiger partial charge is 0.477 e. The standard InChI is InChI=1S/C8H13F2NO3/c9-8(10,7(12)13)5-11-14-4-6-2-1-3-6/h6,11H,1-5H2,(H,12,13). The average Bonchev–Trinajstić information content (AvgIpc) is 2.00. The highest BCUT2D eigenvalue weighted by Gasteiger charge is 2.38. The topological polar surface area (TPSA) is 58.6 Å². The highest BCUT2D eigenvalue weighted by Crippen LogP contribution is 2.25. The molecule has 0 aliphatic heterocycles. The fourth-order valence-electron chi connectivity index (χ4n) is 1.05. The van der Waals surface area contributed by atoms with E-state index in [-0.39, 0.29) is 0 Å². The molecule has 14 heavy (non-hydrogen) atoms. The molecule has 1 saturated carbocycles. The molecule has 82 valence electrons. The van der Waals surface area contributed by atoms with Crippen molar-refractivity contribution in [3.8, 4) is 0 Å². The lowest BCUT2D eigenvalue weighted by molar-refractivity contribution is -0.168. The minimum atomic E-state index is -3.76. The molecule has 0 unspecified atom stereocenters. The van der Waals surface area contributed by atoms with Crippen LogP contribution in [0.4, 0.5) is 8.78 Å². The molecule has 0 saturated heterocycles. The summed E-state index contributed by atoms with van der Waals surface area (Å²) in [6.07, 6.45) is 3.26. The second kappa shape index (κ2) is 4.65. The van der Waals surface area contributed by atoms with Gasteiger partial charge in [-0.3, -0.25) is 0 Å². The second-order valence-corrected chi connectivity index (χ2v) is 3.44. The Hall–Kier alpha value is -0.750. The smallest absolute Gasteiger partial charge is 0.376 e. The van der Waals surface area contributed by atoms with E-state index in [1.54, 1.807) is 0 Å². The molecule has 0 bridgehead atoms. The molecular weight excluding hydrogens is 196 g/mol. The van der Waals surface area contributed by atoms with E-state index in [0.29, 0.717) is 12.5 Å². The van der Waals surface area contributed by atoms with Crippen LogP contribution in [0.15, 0.2) is 0 Å². The molecule has 0 spiro atoms. The zero-order valence-corrected chi connectivity index (χ0v) is 7.63. The van der Waals surface area contributed by atoms with Crippen molar-refractivity contribution >= 4 is 5.97 Å². The number of carbonyl (C=O) groups is 1. The molecule has 0 atom stereocenters. The number of halogens is 2. The van der Waals surface area contributed by atoms with E-state index >= 15 is 0 Å². The SMILES string of the molecule is O=C(O)C(F)(F)CNOCC1CCC1. The third kappa shape index (κ3) is 3.19. The van der Waals surface area contributed by atoms with Gasteiger partial charge in [0.05, 0.1) is 13.2 Å². The fraction of sp³-hybridized carbons (Fsp3) is 0.875. The summed E-state index contributed by atoms with van der Waals surface area (Å²) >= 11 is 0. The summed E-state index contributed by atoms with van der Waals surface area (Å²) in [5, 5.41) is 8.06. The van der Waals surface area contributed by atoms with Crippen molar-refractivity contribution in [1.82, 2.24) is 5.48 Å². The zero-order chi connectivity index (χ0) is 10.6. The van der Waals surface area contributed by atoms with Crippen LogP contribution in [0.25, 0.3) is 0 Å². The van der Waals surface area contributed by atoms with E-state index in [1.807, 2.05) is 5.48 Å². The van der Waals surface area contributed by atoms with Crippen molar-refractivity contribution in [3.63, 3.8) is 0 Å². The molecule has 1 rings (SSSR count). The van der Waals surface area contributed by atoms with Crippen LogP contribution in [0.2, 0.25) is 0 Å². The van der Waals surface area contributed by atoms with Crippen LogP contribution in [0.1, 0.15) is 19.3 Å². The van der Waals surface area contributed by atoms with Gasteiger partial charge in [-0.1, -0.05) is 6.42 Å². The lowest BCUT2D eigenvalue weighted by Gasteiger charge is -2.24. The van der Waals surface area contributed by atoms with Crippen LogP contribution in [-0.2, 0) is 9.63 Å². The minimum absolute atomic E-state index is 0.371. The van der Waals surface area contributed by atoms with E-state index in [4.69, 9.17) is 9.94 Å². The molecule has 0 aromatic carbocycles. The molecular formula is C8H13F2NO3. The summed E-state index contributed by atoms with van der Waals surface area (Å²) < 4.78 is 24.8. The van der Waals surface area contributed by atoms with E-state index in [9.17, 15) is 13.6 Å². The summed E-state index contributed by atoms with van der Waals surface area (Å²) in [6.45, 7) is -0.620. The van der Waals surface area contributed by atoms with Gasteiger partial charge in [-0.15, -0.1) is 0 Å². The van der Waals surface area contributed by atoms with Crippen molar-refractivity contribution in [2.75, 3.05) is 13.2 Å². The quantitative estimate of drug-likeness (QED) is 0.506. The first-order valence-electron chi connectivity index (χ1n) is 4.48. The first-order chi connectivity index (χ1) is 6.52. The molecule has 2 N–H and O–H groups in total. The van der Waals surface area contributed by atoms with Crippen molar-refractivity contribution in [2.24, 2.45) is 5.92 Å². The number of rotatable bonds is 6. The van der Waals surface area contributed by atoms with Crippen LogP contribution in [-0.4, -0.2) is 30.2 Å². The fourth-order valence-corrected chi connectivity index (χ4v) is 1.05. The Bertz CT molecular complexity index is 207. The predicted octanol–water partition coefficient (Wildman–Crippen LogP) is 1.03. The Balaban J connectivity index is 2.04. The Kier molecular flexibility index (Phi) is 3.77. The number of nitrogens with one attached hydrogen (secondary N) is 1. The molecule has 6 heteroatoms. The third-order valence-corrected chi connectivity index (χ3v) is 2.25. The summed E-state index contributed by atoms with van der Waals surface area (Å²) in [4.78, 5) is 14.7. The first kappa shape index (κ1) is 11.3. The summed E-state index contributed by atoms with van der Waals surface area (Å²) in [5.74, 6) is -5.47. The number of hydroxylamine groups is 1. The summed E-state index contributed by atoms with van der Waals surface area (Å²) in [7, 11) is 0. The van der Waals surface area contributed by atoms with E-state index in [2.05, 4.69) is 0 Å². The Labute approximate surface area is 80.2 Å². The van der Waals surface area contributed by atoms with Gasteiger partial charge in [0, 0.05) is 0 Å². The van der Waals surface area contributed by atoms with Crippen molar-refractivity contribution in [3.05, 3.63) is 0 Å². The van der Waals surface area contributed by atoms with E-state index in [0.717, 1.165) is 19.3 Å². The van der Waals surface area contributed by atoms with Gasteiger partial charge >= 0.3 is 11.9 Å². The van der Waals surface area contributed by atoms with Crippen LogP contribution in [0, 0.1) is 5.92 Å². The Morgan fingerprint density at radius 3 is 2.64 bits per heavy atom. The normalized spacial score (nSPS) is 17.9. The second-order valence-electron chi connectivity index (χ2n) is 3.44. The Morgan fingerprint density at radius 1 is 1.57 bits per heavy atom.